The molecule has 0 aliphatic rings. The summed E-state index contributed by atoms with van der Waals surface area (Å²) in [6, 6.07) is 5.54. The first-order valence-corrected chi connectivity index (χ1v) is 7.87. The fourth-order valence-electron chi connectivity index (χ4n) is 2.43. The maximum absolute atomic E-state index is 12.9. The van der Waals surface area contributed by atoms with Gasteiger partial charge in [0.2, 0.25) is 0 Å². The number of rotatable bonds is 4. The first-order valence-electron chi connectivity index (χ1n) is 7.49. The van der Waals surface area contributed by atoms with E-state index < -0.39 is 0 Å². The minimum Gasteiger partial charge on any atom is -0.508 e. The molecule has 1 aromatic heterocycles. The summed E-state index contributed by atoms with van der Waals surface area (Å²) in [7, 11) is 0. The van der Waals surface area contributed by atoms with Gasteiger partial charge in [0, 0.05) is 22.2 Å². The molecule has 0 unspecified atom stereocenters. The van der Waals surface area contributed by atoms with E-state index in [1.165, 1.54) is 19.1 Å². The molecular weight excluding hydrogens is 325 g/mol. The molecule has 2 rings (SSSR count). The first-order chi connectivity index (χ1) is 11.3. The van der Waals surface area contributed by atoms with Gasteiger partial charge in [0.05, 0.1) is 11.3 Å². The lowest BCUT2D eigenvalue weighted by atomic mass is 9.97. The number of benzene rings is 1. The van der Waals surface area contributed by atoms with Gasteiger partial charge in [0.25, 0.3) is 0 Å². The average molecular weight is 344 g/mol. The average Bonchev–Trinajstić information content (AvgIpc) is 2.57. The third-order valence-corrected chi connectivity index (χ3v) is 4.03. The van der Waals surface area contributed by atoms with Gasteiger partial charge in [-0.05, 0) is 73.9 Å². The van der Waals surface area contributed by atoms with Crippen LogP contribution in [0.3, 0.4) is 0 Å². The molecule has 0 saturated carbocycles. The number of nitrogens with zero attached hydrogens (tertiary/aromatic N) is 1. The van der Waals surface area contributed by atoms with Crippen molar-refractivity contribution in [1.82, 2.24) is 4.98 Å². The zero-order valence-electron chi connectivity index (χ0n) is 13.9. The van der Waals surface area contributed by atoms with Crippen molar-refractivity contribution in [2.24, 2.45) is 0 Å². The van der Waals surface area contributed by atoms with Crippen molar-refractivity contribution in [3.8, 4) is 0 Å². The van der Waals surface area contributed by atoms with Crippen LogP contribution in [0.15, 0.2) is 60.1 Å². The van der Waals surface area contributed by atoms with Crippen LogP contribution in [0, 0.1) is 6.92 Å². The predicted octanol–water partition coefficient (Wildman–Crippen LogP) is 6.47. The molecule has 2 nitrogen and oxygen atoms in total. The van der Waals surface area contributed by atoms with Crippen LogP contribution >= 0.6 is 11.6 Å². The third-order valence-electron chi connectivity index (χ3n) is 3.68. The Balaban J connectivity index is 2.67. The zero-order valence-corrected chi connectivity index (χ0v) is 14.7. The number of aliphatic hydroxyl groups excluding tert-OH is 1. The van der Waals surface area contributed by atoms with E-state index in [1.807, 2.05) is 25.1 Å². The van der Waals surface area contributed by atoms with Gasteiger partial charge in [-0.15, -0.1) is 0 Å². The monoisotopic (exact) mass is 343 g/mol. The Morgan fingerprint density at radius 2 is 2.04 bits per heavy atom. The van der Waals surface area contributed by atoms with Crippen LogP contribution in [0.5, 0.6) is 0 Å². The molecule has 1 N–H and O–H groups in total. The quantitative estimate of drug-likeness (QED) is 0.509. The minimum absolute atomic E-state index is 0.193. The largest absolute Gasteiger partial charge is 0.508 e. The number of allylic oxidation sites excluding steroid dienone is 6. The molecule has 1 heterocycles. The molecule has 4 heteroatoms. The van der Waals surface area contributed by atoms with Crippen LogP contribution in [-0.4, -0.2) is 10.1 Å². The van der Waals surface area contributed by atoms with Gasteiger partial charge < -0.3 is 5.11 Å². The number of hydrogen-bond acceptors (Lipinski definition) is 2. The molecule has 0 amide bonds. The Bertz CT molecular complexity index is 890. The number of aryl methyl sites for hydroxylation is 1. The highest BCUT2D eigenvalue weighted by Crippen LogP contribution is 2.32. The maximum Gasteiger partial charge on any atom is 0.118 e. The lowest BCUT2D eigenvalue weighted by Gasteiger charge is -2.12. The number of aliphatic hydroxyl groups is 1. The van der Waals surface area contributed by atoms with E-state index >= 15 is 0 Å². The van der Waals surface area contributed by atoms with E-state index in [4.69, 9.17) is 11.6 Å². The van der Waals surface area contributed by atoms with Gasteiger partial charge in [0.1, 0.15) is 5.76 Å². The molecule has 0 bridgehead atoms. The second-order valence-corrected chi connectivity index (χ2v) is 5.88. The number of hydrogen-bond donors (Lipinski definition) is 1. The lowest BCUT2D eigenvalue weighted by Crippen LogP contribution is -1.93. The SMILES string of the molecule is C=C(/C(Cl)=C\C=C(/C)F)c1ccnc2c(C)cc(C(O)=CC)cc12. The summed E-state index contributed by atoms with van der Waals surface area (Å²) in [5, 5.41) is 11.2. The second kappa shape index (κ2) is 7.45. The van der Waals surface area contributed by atoms with E-state index in [0.29, 0.717) is 16.2 Å². The molecule has 0 aliphatic heterocycles. The Labute approximate surface area is 146 Å². The number of fused-ring (bicyclic) bond motifs is 1. The van der Waals surface area contributed by atoms with Crippen molar-refractivity contribution in [2.45, 2.75) is 20.8 Å². The van der Waals surface area contributed by atoms with Gasteiger partial charge >= 0.3 is 0 Å². The van der Waals surface area contributed by atoms with E-state index in [0.717, 1.165) is 22.0 Å². The van der Waals surface area contributed by atoms with Crippen molar-refractivity contribution in [2.75, 3.05) is 0 Å². The summed E-state index contributed by atoms with van der Waals surface area (Å²) in [4.78, 5) is 4.41. The molecule has 124 valence electrons. The van der Waals surface area contributed by atoms with E-state index in [9.17, 15) is 9.50 Å². The van der Waals surface area contributed by atoms with Gasteiger partial charge in [-0.25, -0.2) is 4.39 Å². The molecular formula is C20H19ClFNO. The molecule has 0 aliphatic carbocycles. The van der Waals surface area contributed by atoms with Crippen LogP contribution in [0.4, 0.5) is 4.39 Å². The van der Waals surface area contributed by atoms with E-state index in [1.54, 1.807) is 19.2 Å². The van der Waals surface area contributed by atoms with Gasteiger partial charge in [-0.1, -0.05) is 18.2 Å². The first kappa shape index (κ1) is 18.0. The molecule has 0 saturated heterocycles. The lowest BCUT2D eigenvalue weighted by molar-refractivity contribution is 0.511. The van der Waals surface area contributed by atoms with Crippen LogP contribution < -0.4 is 0 Å². The summed E-state index contributed by atoms with van der Waals surface area (Å²) in [6.07, 6.45) is 6.09. The summed E-state index contributed by atoms with van der Waals surface area (Å²) < 4.78 is 12.9. The Morgan fingerprint density at radius 1 is 1.33 bits per heavy atom. The highest BCUT2D eigenvalue weighted by Gasteiger charge is 2.12. The molecule has 0 spiro atoms. The van der Waals surface area contributed by atoms with Crippen molar-refractivity contribution >= 4 is 33.8 Å². The van der Waals surface area contributed by atoms with E-state index in [-0.39, 0.29) is 11.6 Å². The predicted molar refractivity (Wildman–Crippen MR) is 101 cm³/mol. The fourth-order valence-corrected chi connectivity index (χ4v) is 2.59. The highest BCUT2D eigenvalue weighted by molar-refractivity contribution is 6.37. The molecule has 0 atom stereocenters. The summed E-state index contributed by atoms with van der Waals surface area (Å²) in [5.74, 6) is -0.144. The van der Waals surface area contributed by atoms with Crippen LogP contribution in [-0.2, 0) is 0 Å². The maximum atomic E-state index is 12.9. The van der Waals surface area contributed by atoms with Gasteiger partial charge in [0.15, 0.2) is 0 Å². The second-order valence-electron chi connectivity index (χ2n) is 5.47. The summed E-state index contributed by atoms with van der Waals surface area (Å²) in [5.41, 5.74) is 3.80. The third kappa shape index (κ3) is 3.74. The van der Waals surface area contributed by atoms with Crippen LogP contribution in [0.2, 0.25) is 0 Å². The normalized spacial score (nSPS) is 13.5. The number of halogens is 2. The number of aromatic nitrogens is 1. The standard InChI is InChI=1S/C20H19ClFNO/c1-5-19(24)15-10-12(2)20-17(11-15)16(8-9-23-20)14(4)18(21)7-6-13(3)22/h5-11,24H,4H2,1-3H3/b13-6+,18-7+,19-5?. The van der Waals surface area contributed by atoms with Gasteiger partial charge in [-0.2, -0.15) is 0 Å². The summed E-state index contributed by atoms with van der Waals surface area (Å²) >= 11 is 6.25. The Morgan fingerprint density at radius 3 is 2.67 bits per heavy atom. The van der Waals surface area contributed by atoms with Crippen LogP contribution in [0.1, 0.15) is 30.5 Å². The van der Waals surface area contributed by atoms with Crippen LogP contribution in [0.25, 0.3) is 22.2 Å². The zero-order chi connectivity index (χ0) is 17.9. The Hall–Kier alpha value is -2.39. The van der Waals surface area contributed by atoms with Crippen molar-refractivity contribution in [3.05, 3.63) is 76.8 Å². The van der Waals surface area contributed by atoms with E-state index in [2.05, 4.69) is 11.6 Å². The minimum atomic E-state index is -0.336. The highest BCUT2D eigenvalue weighted by atomic mass is 35.5. The van der Waals surface area contributed by atoms with Gasteiger partial charge in [-0.3, -0.25) is 4.98 Å². The fraction of sp³-hybridized carbons (Fsp3) is 0.150. The molecule has 1 aromatic carbocycles. The molecule has 2 aromatic rings. The molecule has 0 radical (unpaired) electrons. The van der Waals surface area contributed by atoms with Crippen molar-refractivity contribution in [3.63, 3.8) is 0 Å². The smallest absolute Gasteiger partial charge is 0.118 e. The van der Waals surface area contributed by atoms with Crippen molar-refractivity contribution < 1.29 is 9.50 Å². The Kier molecular flexibility index (Phi) is 5.58. The topological polar surface area (TPSA) is 33.1 Å². The molecule has 24 heavy (non-hydrogen) atoms. The molecule has 0 fully saturated rings. The summed E-state index contributed by atoms with van der Waals surface area (Å²) in [6.45, 7) is 9.07. The number of pyridine rings is 1. The van der Waals surface area contributed by atoms with Crippen molar-refractivity contribution in [1.29, 1.82) is 0 Å².